The Morgan fingerprint density at radius 2 is 1.94 bits per heavy atom. The Hall–Kier alpha value is -1.19. The second kappa shape index (κ2) is 3.40. The van der Waals surface area contributed by atoms with Crippen molar-refractivity contribution >= 4 is 0 Å². The zero-order valence-electron chi connectivity index (χ0n) is 10.7. The molecule has 1 aliphatic carbocycles. The molecule has 1 saturated carbocycles. The molecule has 90 valence electrons. The van der Waals surface area contributed by atoms with Crippen LogP contribution in [0.3, 0.4) is 0 Å². The van der Waals surface area contributed by atoms with E-state index in [0.717, 1.165) is 6.61 Å². The SMILES string of the molecule is COn1ccc(OCC2C(C)(C)C2(C)C)n1. The summed E-state index contributed by atoms with van der Waals surface area (Å²) in [4.78, 5) is 6.31. The first-order valence-corrected chi connectivity index (χ1v) is 5.62. The van der Waals surface area contributed by atoms with Crippen molar-refractivity contribution in [3.63, 3.8) is 0 Å². The molecule has 0 N–H and O–H groups in total. The Kier molecular flexibility index (Phi) is 2.40. The Morgan fingerprint density at radius 1 is 1.31 bits per heavy atom. The summed E-state index contributed by atoms with van der Waals surface area (Å²) in [7, 11) is 1.57. The van der Waals surface area contributed by atoms with E-state index in [1.54, 1.807) is 13.3 Å². The van der Waals surface area contributed by atoms with E-state index in [1.807, 2.05) is 6.07 Å². The van der Waals surface area contributed by atoms with Gasteiger partial charge >= 0.3 is 0 Å². The van der Waals surface area contributed by atoms with Crippen molar-refractivity contribution < 1.29 is 9.57 Å². The Bertz CT molecular complexity index is 368. The number of aromatic nitrogens is 2. The molecule has 0 atom stereocenters. The van der Waals surface area contributed by atoms with E-state index in [2.05, 4.69) is 32.8 Å². The first-order chi connectivity index (χ1) is 7.39. The zero-order chi connectivity index (χ0) is 12.0. The monoisotopic (exact) mass is 224 g/mol. The highest BCUT2D eigenvalue weighted by Gasteiger charge is 2.64. The van der Waals surface area contributed by atoms with Crippen LogP contribution in [0.1, 0.15) is 27.7 Å². The Morgan fingerprint density at radius 3 is 2.38 bits per heavy atom. The van der Waals surface area contributed by atoms with Crippen molar-refractivity contribution in [2.24, 2.45) is 16.7 Å². The van der Waals surface area contributed by atoms with Gasteiger partial charge in [0.15, 0.2) is 0 Å². The van der Waals surface area contributed by atoms with E-state index in [0.29, 0.717) is 22.6 Å². The van der Waals surface area contributed by atoms with Gasteiger partial charge < -0.3 is 9.57 Å². The van der Waals surface area contributed by atoms with E-state index in [-0.39, 0.29) is 0 Å². The highest BCUT2D eigenvalue weighted by molar-refractivity contribution is 5.13. The summed E-state index contributed by atoms with van der Waals surface area (Å²) in [5, 5.41) is 4.10. The van der Waals surface area contributed by atoms with Crippen LogP contribution in [-0.2, 0) is 0 Å². The average Bonchev–Trinajstić information content (AvgIpc) is 2.60. The summed E-state index contributed by atoms with van der Waals surface area (Å²) in [5.41, 5.74) is 0.716. The van der Waals surface area contributed by atoms with Crippen LogP contribution in [0.15, 0.2) is 12.3 Å². The van der Waals surface area contributed by atoms with Crippen LogP contribution in [-0.4, -0.2) is 23.7 Å². The van der Waals surface area contributed by atoms with E-state index >= 15 is 0 Å². The standard InChI is InChI=1S/C12H20N2O2/c1-11(2)9(12(11,3)4)8-16-10-6-7-14(13-10)15-5/h6-7,9H,8H2,1-5H3. The molecule has 0 amide bonds. The van der Waals surface area contributed by atoms with Crippen molar-refractivity contribution in [3.05, 3.63) is 12.3 Å². The maximum atomic E-state index is 5.67. The summed E-state index contributed by atoms with van der Waals surface area (Å²) in [5.74, 6) is 1.22. The molecule has 0 aromatic carbocycles. The van der Waals surface area contributed by atoms with Crippen LogP contribution in [0.4, 0.5) is 0 Å². The van der Waals surface area contributed by atoms with Gasteiger partial charge in [0.2, 0.25) is 5.88 Å². The summed E-state index contributed by atoms with van der Waals surface area (Å²) >= 11 is 0. The van der Waals surface area contributed by atoms with Crippen LogP contribution in [0.25, 0.3) is 0 Å². The third-order valence-corrected chi connectivity index (χ3v) is 4.45. The number of ether oxygens (including phenoxy) is 1. The van der Waals surface area contributed by atoms with Crippen molar-refractivity contribution in [2.75, 3.05) is 13.7 Å². The Balaban J connectivity index is 1.90. The summed E-state index contributed by atoms with van der Waals surface area (Å²) < 4.78 is 5.67. The van der Waals surface area contributed by atoms with Gasteiger partial charge in [0.05, 0.1) is 12.8 Å². The fraction of sp³-hybridized carbons (Fsp3) is 0.750. The maximum Gasteiger partial charge on any atom is 0.236 e. The molecule has 2 rings (SSSR count). The van der Waals surface area contributed by atoms with Gasteiger partial charge in [-0.2, -0.15) is 0 Å². The highest BCUT2D eigenvalue weighted by Crippen LogP contribution is 2.68. The van der Waals surface area contributed by atoms with Crippen LogP contribution in [0, 0.1) is 16.7 Å². The maximum absolute atomic E-state index is 5.67. The van der Waals surface area contributed by atoms with Gasteiger partial charge in [0, 0.05) is 12.0 Å². The summed E-state index contributed by atoms with van der Waals surface area (Å²) in [6.07, 6.45) is 1.73. The molecular weight excluding hydrogens is 204 g/mol. The van der Waals surface area contributed by atoms with Gasteiger partial charge in [-0.1, -0.05) is 32.8 Å². The highest BCUT2D eigenvalue weighted by atomic mass is 16.7. The lowest BCUT2D eigenvalue weighted by atomic mass is 10.0. The number of hydrogen-bond acceptors (Lipinski definition) is 3. The van der Waals surface area contributed by atoms with Gasteiger partial charge in [-0.05, 0) is 10.8 Å². The number of hydrogen-bond donors (Lipinski definition) is 0. The molecule has 1 aromatic heterocycles. The van der Waals surface area contributed by atoms with Crippen molar-refractivity contribution in [1.29, 1.82) is 0 Å². The van der Waals surface area contributed by atoms with Crippen LogP contribution >= 0.6 is 0 Å². The largest absolute Gasteiger partial charge is 0.476 e. The molecule has 1 aromatic rings. The third kappa shape index (κ3) is 1.56. The number of rotatable bonds is 4. The third-order valence-electron chi connectivity index (χ3n) is 4.45. The smallest absolute Gasteiger partial charge is 0.236 e. The van der Waals surface area contributed by atoms with Crippen molar-refractivity contribution in [1.82, 2.24) is 9.94 Å². The summed E-state index contributed by atoms with van der Waals surface area (Å²) in [6, 6.07) is 1.81. The molecular formula is C12H20N2O2. The first kappa shape index (κ1) is 11.3. The molecule has 1 heterocycles. The predicted octanol–water partition coefficient (Wildman–Crippen LogP) is 2.00. The van der Waals surface area contributed by atoms with E-state index in [9.17, 15) is 0 Å². The lowest BCUT2D eigenvalue weighted by Crippen LogP contribution is -2.08. The lowest BCUT2D eigenvalue weighted by Gasteiger charge is -2.03. The first-order valence-electron chi connectivity index (χ1n) is 5.62. The van der Waals surface area contributed by atoms with E-state index in [4.69, 9.17) is 9.57 Å². The molecule has 16 heavy (non-hydrogen) atoms. The minimum atomic E-state index is 0.358. The molecule has 4 heteroatoms. The topological polar surface area (TPSA) is 36.3 Å². The fourth-order valence-corrected chi connectivity index (χ4v) is 2.39. The number of nitrogens with zero attached hydrogens (tertiary/aromatic N) is 2. The second-order valence-electron chi connectivity index (χ2n) is 5.55. The Labute approximate surface area is 96.5 Å². The van der Waals surface area contributed by atoms with Gasteiger partial charge in [0.25, 0.3) is 0 Å². The average molecular weight is 224 g/mol. The molecule has 0 radical (unpaired) electrons. The fourth-order valence-electron chi connectivity index (χ4n) is 2.39. The van der Waals surface area contributed by atoms with Crippen molar-refractivity contribution in [3.8, 4) is 5.88 Å². The summed E-state index contributed by atoms with van der Waals surface area (Å²) in [6.45, 7) is 9.87. The van der Waals surface area contributed by atoms with Crippen molar-refractivity contribution in [2.45, 2.75) is 27.7 Å². The van der Waals surface area contributed by atoms with Crippen LogP contribution in [0.2, 0.25) is 0 Å². The van der Waals surface area contributed by atoms with Gasteiger partial charge in [-0.25, -0.2) is 0 Å². The normalized spacial score (nSPS) is 21.8. The molecule has 4 nitrogen and oxygen atoms in total. The van der Waals surface area contributed by atoms with Crippen LogP contribution < -0.4 is 9.57 Å². The molecule has 0 saturated heterocycles. The minimum Gasteiger partial charge on any atom is -0.476 e. The van der Waals surface area contributed by atoms with Gasteiger partial charge in [-0.15, -0.1) is 4.85 Å². The zero-order valence-corrected chi connectivity index (χ0v) is 10.7. The molecule has 1 fully saturated rings. The van der Waals surface area contributed by atoms with E-state index < -0.39 is 0 Å². The minimum absolute atomic E-state index is 0.358. The molecule has 0 aliphatic heterocycles. The predicted molar refractivity (Wildman–Crippen MR) is 61.3 cm³/mol. The lowest BCUT2D eigenvalue weighted by molar-refractivity contribution is 0.127. The van der Waals surface area contributed by atoms with Crippen LogP contribution in [0.5, 0.6) is 5.88 Å². The molecule has 0 bridgehead atoms. The van der Waals surface area contributed by atoms with Gasteiger partial charge in [0.1, 0.15) is 7.11 Å². The molecule has 0 unspecified atom stereocenters. The quantitative estimate of drug-likeness (QED) is 0.785. The van der Waals surface area contributed by atoms with E-state index in [1.165, 1.54) is 4.85 Å². The molecule has 0 spiro atoms. The second-order valence-corrected chi connectivity index (χ2v) is 5.55. The van der Waals surface area contributed by atoms with Gasteiger partial charge in [-0.3, -0.25) is 0 Å². The molecule has 1 aliphatic rings.